The molecule has 1 aromatic carbocycles. The van der Waals surface area contributed by atoms with Gasteiger partial charge in [0, 0.05) is 12.3 Å². The number of aromatic nitrogens is 1. The van der Waals surface area contributed by atoms with E-state index in [9.17, 15) is 18.0 Å². The summed E-state index contributed by atoms with van der Waals surface area (Å²) in [6.07, 6.45) is -0.930. The molecule has 1 aliphatic carbocycles. The van der Waals surface area contributed by atoms with Gasteiger partial charge >= 0.3 is 6.18 Å². The zero-order valence-corrected chi connectivity index (χ0v) is 13.3. The third-order valence-corrected chi connectivity index (χ3v) is 4.12. The second-order valence-electron chi connectivity index (χ2n) is 5.88. The van der Waals surface area contributed by atoms with Gasteiger partial charge in [-0.15, -0.1) is 0 Å². The van der Waals surface area contributed by atoms with Gasteiger partial charge in [0.1, 0.15) is 0 Å². The van der Waals surface area contributed by atoms with Crippen LogP contribution in [0, 0.1) is 0 Å². The molecule has 132 valence electrons. The van der Waals surface area contributed by atoms with Gasteiger partial charge < -0.3 is 10.1 Å². The van der Waals surface area contributed by atoms with Gasteiger partial charge in [-0.2, -0.15) is 13.2 Å². The van der Waals surface area contributed by atoms with Crippen molar-refractivity contribution in [3.8, 4) is 5.88 Å². The highest BCUT2D eigenvalue weighted by Crippen LogP contribution is 2.30. The van der Waals surface area contributed by atoms with E-state index in [-0.39, 0.29) is 24.4 Å². The van der Waals surface area contributed by atoms with Crippen molar-refractivity contribution in [1.29, 1.82) is 0 Å². The van der Waals surface area contributed by atoms with Crippen molar-refractivity contribution in [3.05, 3.63) is 59.3 Å². The molecule has 0 saturated heterocycles. The minimum absolute atomic E-state index is 0.0211. The van der Waals surface area contributed by atoms with Gasteiger partial charge in [-0.3, -0.25) is 4.79 Å². The van der Waals surface area contributed by atoms with Crippen molar-refractivity contribution >= 4 is 5.91 Å². The van der Waals surface area contributed by atoms with Crippen LogP contribution < -0.4 is 10.1 Å². The molecule has 0 fully saturated rings. The average molecular weight is 350 g/mol. The van der Waals surface area contributed by atoms with Crippen molar-refractivity contribution in [3.63, 3.8) is 0 Å². The number of hydrogen-bond donors (Lipinski definition) is 1. The zero-order chi connectivity index (χ0) is 17.9. The monoisotopic (exact) mass is 350 g/mol. The minimum Gasteiger partial charge on any atom is -0.468 e. The van der Waals surface area contributed by atoms with Crippen LogP contribution in [0.15, 0.2) is 42.6 Å². The number of halogens is 3. The smallest absolute Gasteiger partial charge is 0.417 e. The largest absolute Gasteiger partial charge is 0.468 e. The minimum atomic E-state index is -4.45. The topological polar surface area (TPSA) is 51.2 Å². The molecule has 7 heteroatoms. The van der Waals surface area contributed by atoms with Gasteiger partial charge in [0.05, 0.1) is 11.6 Å². The predicted molar refractivity (Wildman–Crippen MR) is 85.0 cm³/mol. The van der Waals surface area contributed by atoms with Gasteiger partial charge in [-0.25, -0.2) is 4.98 Å². The van der Waals surface area contributed by atoms with Crippen molar-refractivity contribution in [2.75, 3.05) is 6.61 Å². The number of nitrogens with one attached hydrogen (secondary N) is 1. The number of pyridine rings is 1. The number of carbonyl (C=O) groups is 1. The first-order valence-corrected chi connectivity index (χ1v) is 7.97. The first-order chi connectivity index (χ1) is 11.9. The molecule has 0 unspecified atom stereocenters. The molecule has 1 aromatic heterocycles. The predicted octanol–water partition coefficient (Wildman–Crippen LogP) is 3.67. The molecular weight excluding hydrogens is 333 g/mol. The molecule has 1 heterocycles. The number of alkyl halides is 3. The van der Waals surface area contributed by atoms with E-state index in [1.807, 2.05) is 18.2 Å². The highest BCUT2D eigenvalue weighted by Gasteiger charge is 2.30. The molecule has 2 aromatic rings. The van der Waals surface area contributed by atoms with Crippen LogP contribution in [-0.2, 0) is 17.4 Å². The van der Waals surface area contributed by atoms with E-state index in [1.54, 1.807) is 0 Å². The maximum atomic E-state index is 12.5. The van der Waals surface area contributed by atoms with E-state index in [0.717, 1.165) is 37.0 Å². The molecule has 1 atom stereocenters. The average Bonchev–Trinajstić information content (AvgIpc) is 2.60. The summed E-state index contributed by atoms with van der Waals surface area (Å²) in [5, 5.41) is 2.91. The van der Waals surface area contributed by atoms with E-state index < -0.39 is 11.7 Å². The molecule has 0 saturated carbocycles. The number of hydrogen-bond acceptors (Lipinski definition) is 3. The van der Waals surface area contributed by atoms with Crippen LogP contribution in [-0.4, -0.2) is 17.5 Å². The lowest BCUT2D eigenvalue weighted by molar-refractivity contribution is -0.138. The Hall–Kier alpha value is -2.57. The van der Waals surface area contributed by atoms with Crippen LogP contribution in [0.3, 0.4) is 0 Å². The number of carbonyl (C=O) groups excluding carboxylic acids is 1. The van der Waals surface area contributed by atoms with E-state index in [0.29, 0.717) is 6.20 Å². The van der Waals surface area contributed by atoms with Crippen molar-refractivity contribution in [1.82, 2.24) is 10.3 Å². The number of ether oxygens (including phenoxy) is 1. The first kappa shape index (κ1) is 17.3. The molecule has 0 radical (unpaired) electrons. The highest BCUT2D eigenvalue weighted by atomic mass is 19.4. The second kappa shape index (κ2) is 7.13. The molecule has 1 amide bonds. The first-order valence-electron chi connectivity index (χ1n) is 7.97. The summed E-state index contributed by atoms with van der Waals surface area (Å²) in [7, 11) is 0. The lowest BCUT2D eigenvalue weighted by Crippen LogP contribution is -2.34. The van der Waals surface area contributed by atoms with Crippen LogP contribution in [0.1, 0.15) is 35.6 Å². The van der Waals surface area contributed by atoms with E-state index >= 15 is 0 Å². The van der Waals surface area contributed by atoms with Crippen LogP contribution in [0.2, 0.25) is 0 Å². The van der Waals surface area contributed by atoms with Gasteiger partial charge in [0.2, 0.25) is 5.88 Å². The Bertz CT molecular complexity index is 745. The number of aryl methyl sites for hydroxylation is 1. The Morgan fingerprint density at radius 1 is 1.24 bits per heavy atom. The number of fused-ring (bicyclic) bond motifs is 1. The quantitative estimate of drug-likeness (QED) is 0.915. The van der Waals surface area contributed by atoms with E-state index in [1.165, 1.54) is 5.56 Å². The summed E-state index contributed by atoms with van der Waals surface area (Å²) in [5.41, 5.74) is 1.47. The summed E-state index contributed by atoms with van der Waals surface area (Å²) in [6, 6.07) is 9.87. The molecule has 3 rings (SSSR count). The van der Waals surface area contributed by atoms with Crippen molar-refractivity contribution < 1.29 is 22.7 Å². The van der Waals surface area contributed by atoms with Gasteiger partial charge in [0.25, 0.3) is 5.91 Å². The third-order valence-electron chi connectivity index (χ3n) is 4.12. The maximum Gasteiger partial charge on any atom is 0.417 e. The molecule has 0 bridgehead atoms. The summed E-state index contributed by atoms with van der Waals surface area (Å²) in [4.78, 5) is 15.7. The lowest BCUT2D eigenvalue weighted by Gasteiger charge is -2.26. The summed E-state index contributed by atoms with van der Waals surface area (Å²) >= 11 is 0. The van der Waals surface area contributed by atoms with Gasteiger partial charge in [-0.1, -0.05) is 24.3 Å². The number of rotatable bonds is 4. The van der Waals surface area contributed by atoms with E-state index in [4.69, 9.17) is 4.74 Å². The Morgan fingerprint density at radius 3 is 2.76 bits per heavy atom. The fourth-order valence-electron chi connectivity index (χ4n) is 2.91. The summed E-state index contributed by atoms with van der Waals surface area (Å²) in [5.74, 6) is -0.351. The third kappa shape index (κ3) is 4.29. The maximum absolute atomic E-state index is 12.5. The Balaban J connectivity index is 1.55. The molecule has 1 N–H and O–H groups in total. The molecule has 25 heavy (non-hydrogen) atoms. The summed E-state index contributed by atoms with van der Waals surface area (Å²) in [6.45, 7) is -0.295. The molecular formula is C18H17F3N2O2. The second-order valence-corrected chi connectivity index (χ2v) is 5.88. The fraction of sp³-hybridized carbons (Fsp3) is 0.333. The zero-order valence-electron chi connectivity index (χ0n) is 13.3. The Labute approximate surface area is 143 Å². The lowest BCUT2D eigenvalue weighted by atomic mass is 9.88. The van der Waals surface area contributed by atoms with Crippen LogP contribution >= 0.6 is 0 Å². The molecule has 0 spiro atoms. The molecule has 4 nitrogen and oxygen atoms in total. The van der Waals surface area contributed by atoms with Crippen molar-refractivity contribution in [2.45, 2.75) is 31.5 Å². The van der Waals surface area contributed by atoms with Gasteiger partial charge in [0.15, 0.2) is 6.61 Å². The number of nitrogens with zero attached hydrogens (tertiary/aromatic N) is 1. The fourth-order valence-corrected chi connectivity index (χ4v) is 2.91. The highest BCUT2D eigenvalue weighted by molar-refractivity contribution is 5.78. The number of amides is 1. The number of benzene rings is 1. The van der Waals surface area contributed by atoms with Gasteiger partial charge in [-0.05, 0) is 36.5 Å². The van der Waals surface area contributed by atoms with Crippen LogP contribution in [0.5, 0.6) is 5.88 Å². The summed E-state index contributed by atoms with van der Waals surface area (Å²) < 4.78 is 42.6. The molecule has 0 aliphatic heterocycles. The van der Waals surface area contributed by atoms with E-state index in [2.05, 4.69) is 16.4 Å². The standard InChI is InChI=1S/C18H17F3N2O2/c19-18(20,21)13-8-9-17(22-10-13)25-11-16(24)23-15-7-3-5-12-4-1-2-6-14(12)15/h1-2,4,6,8-10,15H,3,5,7,11H2,(H,23,24)/t15-/m1/s1. The SMILES string of the molecule is O=C(COc1ccc(C(F)(F)F)cn1)N[C@@H]1CCCc2ccccc21. The molecule has 1 aliphatic rings. The Morgan fingerprint density at radius 2 is 2.04 bits per heavy atom. The van der Waals surface area contributed by atoms with Crippen LogP contribution in [0.4, 0.5) is 13.2 Å². The van der Waals surface area contributed by atoms with Crippen molar-refractivity contribution in [2.24, 2.45) is 0 Å². The Kier molecular flexibility index (Phi) is 4.92. The van der Waals surface area contributed by atoms with Crippen LogP contribution in [0.25, 0.3) is 0 Å². The normalized spacial score (nSPS) is 16.8.